The van der Waals surface area contributed by atoms with Gasteiger partial charge < -0.3 is 25.0 Å². The van der Waals surface area contributed by atoms with E-state index in [-0.39, 0.29) is 0 Å². The number of nitrogen functional groups attached to an aromatic ring is 1. The minimum Gasteiger partial charge on any atom is -0.465 e. The molecule has 1 aromatic carbocycles. The van der Waals surface area contributed by atoms with E-state index in [1.807, 2.05) is 67.1 Å². The van der Waals surface area contributed by atoms with Crippen LogP contribution in [0, 0.1) is 6.92 Å². The van der Waals surface area contributed by atoms with Crippen molar-refractivity contribution in [2.24, 2.45) is 7.05 Å². The van der Waals surface area contributed by atoms with Crippen molar-refractivity contribution < 1.29 is 14.6 Å². The summed E-state index contributed by atoms with van der Waals surface area (Å²) in [7, 11) is 1.90. The van der Waals surface area contributed by atoms with Gasteiger partial charge in [-0.3, -0.25) is 0 Å². The molecule has 0 bridgehead atoms. The van der Waals surface area contributed by atoms with Crippen LogP contribution in [0.1, 0.15) is 11.4 Å². The number of benzene rings is 1. The van der Waals surface area contributed by atoms with E-state index < -0.39 is 6.09 Å². The third-order valence-corrected chi connectivity index (χ3v) is 5.72. The zero-order valence-electron chi connectivity index (χ0n) is 18.2. The number of nitrogens with two attached hydrogens (primary N) is 1. The maximum absolute atomic E-state index is 11.5. The molecule has 0 unspecified atom stereocenters. The van der Waals surface area contributed by atoms with Crippen LogP contribution in [0.5, 0.6) is 11.6 Å². The van der Waals surface area contributed by atoms with Crippen LogP contribution in [0.3, 0.4) is 0 Å². The van der Waals surface area contributed by atoms with Crippen molar-refractivity contribution in [3.63, 3.8) is 0 Å². The highest BCUT2D eigenvalue weighted by molar-refractivity contribution is 6.06. The second-order valence-electron chi connectivity index (χ2n) is 7.88. The molecule has 166 valence electrons. The van der Waals surface area contributed by atoms with E-state index in [0.717, 1.165) is 33.5 Å². The Morgan fingerprint density at radius 3 is 2.64 bits per heavy atom. The van der Waals surface area contributed by atoms with E-state index in [2.05, 4.69) is 15.0 Å². The second-order valence-corrected chi connectivity index (χ2v) is 7.88. The molecule has 0 spiro atoms. The maximum Gasteiger partial charge on any atom is 0.407 e. The van der Waals surface area contributed by atoms with Crippen molar-refractivity contribution in [2.75, 3.05) is 18.8 Å². The van der Waals surface area contributed by atoms with Gasteiger partial charge in [0.05, 0.1) is 17.6 Å². The van der Waals surface area contributed by atoms with E-state index in [1.54, 1.807) is 0 Å². The molecular weight excluding hydrogens is 420 g/mol. The average Bonchev–Trinajstić information content (AvgIpc) is 3.38. The molecule has 5 rings (SSSR count). The molecule has 1 aliphatic rings. The molecule has 1 amide bonds. The van der Waals surface area contributed by atoms with E-state index in [9.17, 15) is 9.90 Å². The molecule has 1 aliphatic heterocycles. The van der Waals surface area contributed by atoms with Gasteiger partial charge in [-0.2, -0.15) is 0 Å². The number of hydrogen-bond donors (Lipinski definition) is 2. The van der Waals surface area contributed by atoms with Crippen LogP contribution in [0.2, 0.25) is 0 Å². The maximum atomic E-state index is 11.5. The smallest absolute Gasteiger partial charge is 0.407 e. The summed E-state index contributed by atoms with van der Waals surface area (Å²) >= 11 is 0. The molecule has 3 N–H and O–H groups in total. The van der Waals surface area contributed by atoms with Crippen LogP contribution in [0.15, 0.2) is 54.9 Å². The van der Waals surface area contributed by atoms with E-state index in [4.69, 9.17) is 10.5 Å². The van der Waals surface area contributed by atoms with Gasteiger partial charge in [0.2, 0.25) is 5.88 Å². The Balaban J connectivity index is 1.59. The highest BCUT2D eigenvalue weighted by Crippen LogP contribution is 2.41. The highest BCUT2D eigenvalue weighted by atomic mass is 16.5. The van der Waals surface area contributed by atoms with Gasteiger partial charge in [-0.1, -0.05) is 24.3 Å². The summed E-state index contributed by atoms with van der Waals surface area (Å²) in [6, 6.07) is 13.2. The Bertz CT molecular complexity index is 1410. The lowest BCUT2D eigenvalue weighted by Gasteiger charge is -2.14. The van der Waals surface area contributed by atoms with Crippen molar-refractivity contribution >= 4 is 28.5 Å². The van der Waals surface area contributed by atoms with Gasteiger partial charge in [0.25, 0.3) is 0 Å². The van der Waals surface area contributed by atoms with Crippen molar-refractivity contribution in [3.05, 3.63) is 66.3 Å². The normalized spacial score (nSPS) is 13.4. The highest BCUT2D eigenvalue weighted by Gasteiger charge is 2.27. The first kappa shape index (κ1) is 20.5. The number of hydrogen-bond acceptors (Lipinski definition) is 6. The summed E-state index contributed by atoms with van der Waals surface area (Å²) in [5.74, 6) is 1.55. The SMILES string of the molecule is Cc1cccc(Oc2ccc(-c3c(C4=CCN(C(=O)O)C4)n(C)c4ncnc(N)c34)cc2)n1. The zero-order valence-corrected chi connectivity index (χ0v) is 18.2. The molecule has 0 fully saturated rings. The number of nitrogens with zero attached hydrogens (tertiary/aromatic N) is 5. The third-order valence-electron chi connectivity index (χ3n) is 5.72. The summed E-state index contributed by atoms with van der Waals surface area (Å²) in [4.78, 5) is 25.8. The number of pyridine rings is 1. The third kappa shape index (κ3) is 3.63. The first-order valence-electron chi connectivity index (χ1n) is 10.4. The van der Waals surface area contributed by atoms with Crippen molar-refractivity contribution in [1.82, 2.24) is 24.4 Å². The van der Waals surface area contributed by atoms with Crippen LogP contribution < -0.4 is 10.5 Å². The number of fused-ring (bicyclic) bond motifs is 1. The minimum absolute atomic E-state index is 0.292. The van der Waals surface area contributed by atoms with Crippen LogP contribution >= 0.6 is 0 Å². The number of rotatable bonds is 4. The fourth-order valence-corrected chi connectivity index (χ4v) is 4.19. The van der Waals surface area contributed by atoms with Gasteiger partial charge in [-0.15, -0.1) is 0 Å². The number of anilines is 1. The number of aromatic nitrogens is 4. The zero-order chi connectivity index (χ0) is 23.1. The summed E-state index contributed by atoms with van der Waals surface area (Å²) in [5.41, 5.74) is 11.4. The molecule has 4 heterocycles. The summed E-state index contributed by atoms with van der Waals surface area (Å²) in [5, 5.41) is 10.1. The largest absolute Gasteiger partial charge is 0.465 e. The average molecular weight is 442 g/mol. The monoisotopic (exact) mass is 442 g/mol. The molecule has 4 aromatic rings. The summed E-state index contributed by atoms with van der Waals surface area (Å²) < 4.78 is 7.83. The van der Waals surface area contributed by atoms with E-state index in [0.29, 0.717) is 36.2 Å². The lowest BCUT2D eigenvalue weighted by molar-refractivity contribution is 0.158. The van der Waals surface area contributed by atoms with E-state index >= 15 is 0 Å². The molecule has 0 aliphatic carbocycles. The lowest BCUT2D eigenvalue weighted by Crippen LogP contribution is -2.26. The van der Waals surface area contributed by atoms with Crippen LogP contribution in [-0.4, -0.2) is 48.7 Å². The Morgan fingerprint density at radius 1 is 1.15 bits per heavy atom. The predicted molar refractivity (Wildman–Crippen MR) is 125 cm³/mol. The number of amides is 1. The Hall–Kier alpha value is -4.40. The molecule has 9 nitrogen and oxygen atoms in total. The first-order valence-corrected chi connectivity index (χ1v) is 10.4. The topological polar surface area (TPSA) is 119 Å². The van der Waals surface area contributed by atoms with Crippen LogP contribution in [0.25, 0.3) is 27.7 Å². The van der Waals surface area contributed by atoms with Gasteiger partial charge >= 0.3 is 6.09 Å². The molecule has 0 radical (unpaired) electrons. The molecule has 33 heavy (non-hydrogen) atoms. The lowest BCUT2D eigenvalue weighted by atomic mass is 9.99. The molecule has 0 saturated carbocycles. The number of ether oxygens (including phenoxy) is 1. The van der Waals surface area contributed by atoms with Gasteiger partial charge in [-0.05, 0) is 36.3 Å². The van der Waals surface area contributed by atoms with Gasteiger partial charge in [0.1, 0.15) is 23.5 Å². The molecule has 0 atom stereocenters. The van der Waals surface area contributed by atoms with Gasteiger partial charge in [-0.25, -0.2) is 19.7 Å². The summed E-state index contributed by atoms with van der Waals surface area (Å²) in [6.07, 6.45) is 2.41. The summed E-state index contributed by atoms with van der Waals surface area (Å²) in [6.45, 7) is 2.54. The fraction of sp³-hybridized carbons (Fsp3) is 0.167. The number of carbonyl (C=O) groups is 1. The predicted octanol–water partition coefficient (Wildman–Crippen LogP) is 4.09. The molecular formula is C24H22N6O3. The Labute approximate surface area is 189 Å². The molecule has 9 heteroatoms. The fourth-order valence-electron chi connectivity index (χ4n) is 4.19. The molecule has 0 saturated heterocycles. The molecule has 3 aromatic heterocycles. The number of aryl methyl sites for hydroxylation is 2. The Kier molecular flexibility index (Phi) is 4.93. The van der Waals surface area contributed by atoms with Crippen LogP contribution in [0.4, 0.5) is 10.6 Å². The van der Waals surface area contributed by atoms with E-state index in [1.165, 1.54) is 11.2 Å². The van der Waals surface area contributed by atoms with Gasteiger partial charge in [0.15, 0.2) is 0 Å². The Morgan fingerprint density at radius 2 is 1.94 bits per heavy atom. The minimum atomic E-state index is -0.952. The van der Waals surface area contributed by atoms with Crippen molar-refractivity contribution in [2.45, 2.75) is 6.92 Å². The second kappa shape index (κ2) is 7.94. The van der Waals surface area contributed by atoms with Gasteiger partial charge in [0, 0.05) is 30.9 Å². The standard InChI is InChI=1S/C24H22N6O3/c1-14-4-3-5-18(28-14)33-17-8-6-15(7-9-17)19-20-22(25)26-13-27-23(20)29(2)21(19)16-10-11-30(12-16)24(31)32/h3-10,13H,11-12H2,1-2H3,(H,31,32)(H2,25,26,27). The first-order chi connectivity index (χ1) is 15.9. The van der Waals surface area contributed by atoms with Crippen molar-refractivity contribution in [3.8, 4) is 22.8 Å². The quantitative estimate of drug-likeness (QED) is 0.488. The van der Waals surface area contributed by atoms with Crippen molar-refractivity contribution in [1.29, 1.82) is 0 Å². The number of carboxylic acid groups (broad SMARTS) is 1. The van der Waals surface area contributed by atoms with Crippen LogP contribution in [-0.2, 0) is 7.05 Å².